The number of aryl methyl sites for hydroxylation is 2. The van der Waals surface area contributed by atoms with Crippen LogP contribution in [0, 0.1) is 6.92 Å². The average Bonchev–Trinajstić information content (AvgIpc) is 3.08. The molecule has 8 nitrogen and oxygen atoms in total. The fraction of sp³-hybridized carbons (Fsp3) is 0.353. The van der Waals surface area contributed by atoms with Crippen LogP contribution in [0.4, 0.5) is 0 Å². The topological polar surface area (TPSA) is 98.5 Å². The van der Waals surface area contributed by atoms with Crippen molar-refractivity contribution in [2.45, 2.75) is 31.6 Å². The average molecular weight is 375 g/mol. The fourth-order valence-electron chi connectivity index (χ4n) is 2.56. The number of nitrogens with one attached hydrogen (secondary N) is 1. The van der Waals surface area contributed by atoms with Crippen LogP contribution in [0.25, 0.3) is 5.78 Å². The first-order valence-electron chi connectivity index (χ1n) is 8.37. The van der Waals surface area contributed by atoms with E-state index < -0.39 is 10.0 Å². The van der Waals surface area contributed by atoms with Crippen molar-refractivity contribution in [2.75, 3.05) is 13.2 Å². The van der Waals surface area contributed by atoms with E-state index in [1.807, 2.05) is 26.1 Å². The lowest BCUT2D eigenvalue weighted by atomic mass is 10.2. The van der Waals surface area contributed by atoms with Gasteiger partial charge >= 0.3 is 0 Å². The first-order valence-corrected chi connectivity index (χ1v) is 9.85. The summed E-state index contributed by atoms with van der Waals surface area (Å²) in [6.45, 7) is 4.40. The van der Waals surface area contributed by atoms with Crippen molar-refractivity contribution in [1.82, 2.24) is 24.3 Å². The summed E-state index contributed by atoms with van der Waals surface area (Å²) in [6, 6.07) is 5.14. The highest BCUT2D eigenvalue weighted by Gasteiger charge is 2.19. The molecule has 0 fully saturated rings. The van der Waals surface area contributed by atoms with Gasteiger partial charge in [-0.1, -0.05) is 6.07 Å². The molecule has 0 bridgehead atoms. The molecule has 0 aliphatic rings. The van der Waals surface area contributed by atoms with Crippen molar-refractivity contribution < 1.29 is 13.2 Å². The molecule has 2 aromatic heterocycles. The molecular weight excluding hydrogens is 354 g/mol. The van der Waals surface area contributed by atoms with Crippen LogP contribution in [0.1, 0.15) is 24.5 Å². The third-order valence-corrected chi connectivity index (χ3v) is 5.29. The number of fused-ring (bicyclic) bond motifs is 1. The maximum Gasteiger partial charge on any atom is 0.252 e. The molecule has 3 rings (SSSR count). The molecule has 0 unspecified atom stereocenters. The minimum atomic E-state index is -3.63. The normalized spacial score (nSPS) is 11.8. The Morgan fingerprint density at radius 3 is 2.92 bits per heavy atom. The summed E-state index contributed by atoms with van der Waals surface area (Å²) in [5, 5.41) is 4.04. The number of hydrogen-bond acceptors (Lipinski definition) is 6. The standard InChI is InChI=1S/C17H21N5O3S/c1-3-25-15-7-6-13(2)9-16(15)26(23,24)21-8-4-5-14-10-18-17-19-12-20-22(17)11-14/h6-7,9-12,21H,3-5,8H2,1-2H3. The zero-order valence-electron chi connectivity index (χ0n) is 14.7. The number of hydrogen-bond donors (Lipinski definition) is 1. The van der Waals surface area contributed by atoms with Gasteiger partial charge in [0.25, 0.3) is 5.78 Å². The van der Waals surface area contributed by atoms with Gasteiger partial charge in [0, 0.05) is 18.9 Å². The molecule has 0 amide bonds. The van der Waals surface area contributed by atoms with E-state index in [1.54, 1.807) is 22.8 Å². The third kappa shape index (κ3) is 4.17. The molecule has 0 saturated heterocycles. The van der Waals surface area contributed by atoms with Gasteiger partial charge in [-0.25, -0.2) is 22.6 Å². The van der Waals surface area contributed by atoms with Gasteiger partial charge in [-0.3, -0.25) is 0 Å². The van der Waals surface area contributed by atoms with E-state index >= 15 is 0 Å². The number of nitrogens with zero attached hydrogens (tertiary/aromatic N) is 4. The predicted molar refractivity (Wildman–Crippen MR) is 96.6 cm³/mol. The first kappa shape index (κ1) is 18.3. The van der Waals surface area contributed by atoms with Crippen LogP contribution in [0.15, 0.2) is 41.8 Å². The van der Waals surface area contributed by atoms with Gasteiger partial charge < -0.3 is 4.74 Å². The lowest BCUT2D eigenvalue weighted by molar-refractivity contribution is 0.331. The summed E-state index contributed by atoms with van der Waals surface area (Å²) in [6.07, 6.45) is 6.33. The van der Waals surface area contributed by atoms with Crippen LogP contribution in [0.3, 0.4) is 0 Å². The molecule has 138 valence electrons. The molecule has 0 spiro atoms. The summed E-state index contributed by atoms with van der Waals surface area (Å²) >= 11 is 0. The van der Waals surface area contributed by atoms with Gasteiger partial charge in [-0.2, -0.15) is 10.1 Å². The van der Waals surface area contributed by atoms with Crippen molar-refractivity contribution in [3.63, 3.8) is 0 Å². The molecular formula is C17H21N5O3S. The van der Waals surface area contributed by atoms with Gasteiger partial charge in [0.2, 0.25) is 10.0 Å². The minimum Gasteiger partial charge on any atom is -0.492 e. The molecule has 0 aliphatic heterocycles. The Kier molecular flexibility index (Phi) is 5.48. The largest absolute Gasteiger partial charge is 0.492 e. The summed E-state index contributed by atoms with van der Waals surface area (Å²) in [7, 11) is -3.63. The summed E-state index contributed by atoms with van der Waals surface area (Å²) in [5.41, 5.74) is 1.83. The van der Waals surface area contributed by atoms with E-state index in [-0.39, 0.29) is 4.90 Å². The molecule has 0 aliphatic carbocycles. The number of rotatable bonds is 8. The number of ether oxygens (including phenoxy) is 1. The Labute approximate surface area is 152 Å². The molecule has 26 heavy (non-hydrogen) atoms. The van der Waals surface area contributed by atoms with E-state index in [0.717, 1.165) is 11.1 Å². The second kappa shape index (κ2) is 7.79. The molecule has 0 radical (unpaired) electrons. The Bertz CT molecular complexity index is 1000. The lowest BCUT2D eigenvalue weighted by Crippen LogP contribution is -2.25. The summed E-state index contributed by atoms with van der Waals surface area (Å²) in [5.74, 6) is 0.906. The molecule has 1 aromatic carbocycles. The third-order valence-electron chi connectivity index (χ3n) is 3.81. The van der Waals surface area contributed by atoms with Crippen LogP contribution in [-0.2, 0) is 16.4 Å². The van der Waals surface area contributed by atoms with E-state index in [2.05, 4.69) is 19.8 Å². The zero-order chi connectivity index (χ0) is 18.6. The van der Waals surface area contributed by atoms with E-state index in [0.29, 0.717) is 37.5 Å². The highest BCUT2D eigenvalue weighted by Crippen LogP contribution is 2.25. The Hall–Kier alpha value is -2.52. The molecule has 2 heterocycles. The molecule has 0 saturated carbocycles. The quantitative estimate of drug-likeness (QED) is 0.602. The van der Waals surface area contributed by atoms with E-state index in [9.17, 15) is 8.42 Å². The number of benzene rings is 1. The fourth-order valence-corrected chi connectivity index (χ4v) is 3.87. The van der Waals surface area contributed by atoms with Gasteiger partial charge in [-0.15, -0.1) is 0 Å². The molecule has 0 atom stereocenters. The molecule has 9 heteroatoms. The monoisotopic (exact) mass is 375 g/mol. The second-order valence-electron chi connectivity index (χ2n) is 5.85. The van der Waals surface area contributed by atoms with Crippen LogP contribution in [0.5, 0.6) is 5.75 Å². The Morgan fingerprint density at radius 1 is 1.27 bits per heavy atom. The number of sulfonamides is 1. The summed E-state index contributed by atoms with van der Waals surface area (Å²) < 4.78 is 34.9. The van der Waals surface area contributed by atoms with Gasteiger partial charge in [0.1, 0.15) is 17.0 Å². The first-order chi connectivity index (χ1) is 12.5. The molecule has 1 N–H and O–H groups in total. The predicted octanol–water partition coefficient (Wildman–Crippen LogP) is 1.74. The van der Waals surface area contributed by atoms with Crippen molar-refractivity contribution >= 4 is 15.8 Å². The van der Waals surface area contributed by atoms with Gasteiger partial charge in [-0.05, 0) is 49.9 Å². The smallest absolute Gasteiger partial charge is 0.252 e. The number of aromatic nitrogens is 4. The molecule has 3 aromatic rings. The highest BCUT2D eigenvalue weighted by atomic mass is 32.2. The van der Waals surface area contributed by atoms with Crippen LogP contribution in [-0.4, -0.2) is 41.2 Å². The van der Waals surface area contributed by atoms with Gasteiger partial charge in [0.05, 0.1) is 6.61 Å². The van der Waals surface area contributed by atoms with Crippen LogP contribution in [0.2, 0.25) is 0 Å². The van der Waals surface area contributed by atoms with Crippen molar-refractivity contribution in [2.24, 2.45) is 0 Å². The SMILES string of the molecule is CCOc1ccc(C)cc1S(=O)(=O)NCCCc1cnc2ncnn2c1. The van der Waals surface area contributed by atoms with Crippen molar-refractivity contribution in [1.29, 1.82) is 0 Å². The second-order valence-corrected chi connectivity index (χ2v) is 7.59. The maximum atomic E-state index is 12.6. The minimum absolute atomic E-state index is 0.171. The highest BCUT2D eigenvalue weighted by molar-refractivity contribution is 7.89. The van der Waals surface area contributed by atoms with Gasteiger partial charge in [0.15, 0.2) is 0 Å². The Morgan fingerprint density at radius 2 is 2.12 bits per heavy atom. The van der Waals surface area contributed by atoms with Crippen molar-refractivity contribution in [3.8, 4) is 5.75 Å². The van der Waals surface area contributed by atoms with E-state index in [1.165, 1.54) is 6.33 Å². The lowest BCUT2D eigenvalue weighted by Gasteiger charge is -2.12. The Balaban J connectivity index is 1.62. The van der Waals surface area contributed by atoms with Crippen LogP contribution < -0.4 is 9.46 Å². The van der Waals surface area contributed by atoms with E-state index in [4.69, 9.17) is 4.74 Å². The van der Waals surface area contributed by atoms with Crippen LogP contribution >= 0.6 is 0 Å². The van der Waals surface area contributed by atoms with Crippen molar-refractivity contribution in [3.05, 3.63) is 48.0 Å². The zero-order valence-corrected chi connectivity index (χ0v) is 15.5. The maximum absolute atomic E-state index is 12.6. The summed E-state index contributed by atoms with van der Waals surface area (Å²) in [4.78, 5) is 8.35.